The van der Waals surface area contributed by atoms with Crippen LogP contribution in [0.5, 0.6) is 0 Å². The molecule has 0 aliphatic carbocycles. The maximum absolute atomic E-state index is 11.7. The van der Waals surface area contributed by atoms with Gasteiger partial charge in [-0.05, 0) is 19.8 Å². The third-order valence-corrected chi connectivity index (χ3v) is 2.53. The number of nitrogens with two attached hydrogens (primary N) is 1. The average molecular weight is 216 g/mol. The van der Waals surface area contributed by atoms with Crippen molar-refractivity contribution < 1.29 is 9.53 Å². The van der Waals surface area contributed by atoms with Crippen LogP contribution in [0.3, 0.4) is 0 Å². The van der Waals surface area contributed by atoms with Crippen LogP contribution < -0.4 is 11.1 Å². The Morgan fingerprint density at radius 1 is 1.53 bits per heavy atom. The molecule has 0 aromatic carbocycles. The van der Waals surface area contributed by atoms with Gasteiger partial charge in [0.05, 0.1) is 18.2 Å². The first-order valence-corrected chi connectivity index (χ1v) is 5.40. The van der Waals surface area contributed by atoms with E-state index in [0.717, 1.165) is 6.42 Å². The molecule has 3 N–H and O–H groups in total. The fourth-order valence-electron chi connectivity index (χ4n) is 1.33. The molecule has 0 spiro atoms. The van der Waals surface area contributed by atoms with E-state index in [4.69, 9.17) is 10.5 Å². The van der Waals surface area contributed by atoms with Gasteiger partial charge in [0.1, 0.15) is 0 Å². The molecule has 90 valence electrons. The van der Waals surface area contributed by atoms with Crippen molar-refractivity contribution in [3.63, 3.8) is 0 Å². The number of rotatable bonds is 6. The van der Waals surface area contributed by atoms with E-state index in [0.29, 0.717) is 6.61 Å². The van der Waals surface area contributed by atoms with Crippen LogP contribution in [-0.4, -0.2) is 31.2 Å². The topological polar surface area (TPSA) is 64.4 Å². The molecule has 4 heteroatoms. The summed E-state index contributed by atoms with van der Waals surface area (Å²) in [6.07, 6.45) is 0.902. The molecule has 0 aromatic heterocycles. The molecule has 4 nitrogen and oxygen atoms in total. The molecule has 0 saturated heterocycles. The monoisotopic (exact) mass is 216 g/mol. The molecule has 0 fully saturated rings. The van der Waals surface area contributed by atoms with Gasteiger partial charge in [-0.3, -0.25) is 4.79 Å². The van der Waals surface area contributed by atoms with E-state index >= 15 is 0 Å². The SMILES string of the molecule is CCC(C)[C@H](N)C(=O)NC(C)(C)COC. The highest BCUT2D eigenvalue weighted by Crippen LogP contribution is 2.08. The van der Waals surface area contributed by atoms with Gasteiger partial charge in [-0.1, -0.05) is 20.3 Å². The Balaban J connectivity index is 4.23. The van der Waals surface area contributed by atoms with Crippen LogP contribution in [0.25, 0.3) is 0 Å². The number of methoxy groups -OCH3 is 1. The second-order valence-electron chi connectivity index (χ2n) is 4.72. The summed E-state index contributed by atoms with van der Waals surface area (Å²) in [5, 5.41) is 2.88. The summed E-state index contributed by atoms with van der Waals surface area (Å²) >= 11 is 0. The van der Waals surface area contributed by atoms with Gasteiger partial charge in [-0.2, -0.15) is 0 Å². The quantitative estimate of drug-likeness (QED) is 0.693. The van der Waals surface area contributed by atoms with Gasteiger partial charge in [-0.25, -0.2) is 0 Å². The number of hydrogen-bond acceptors (Lipinski definition) is 3. The standard InChI is InChI=1S/C11H24N2O2/c1-6-8(2)9(12)10(14)13-11(3,4)7-15-5/h8-9H,6-7,12H2,1-5H3,(H,13,14)/t8?,9-/m0/s1. The minimum Gasteiger partial charge on any atom is -0.382 e. The molecule has 0 rings (SSSR count). The van der Waals surface area contributed by atoms with E-state index in [2.05, 4.69) is 5.32 Å². The van der Waals surface area contributed by atoms with Gasteiger partial charge >= 0.3 is 0 Å². The van der Waals surface area contributed by atoms with Crippen molar-refractivity contribution in [1.82, 2.24) is 5.32 Å². The largest absolute Gasteiger partial charge is 0.382 e. The van der Waals surface area contributed by atoms with Crippen molar-refractivity contribution in [1.29, 1.82) is 0 Å². The van der Waals surface area contributed by atoms with Crippen molar-refractivity contribution in [3.05, 3.63) is 0 Å². The second kappa shape index (κ2) is 6.08. The minimum atomic E-state index is -0.439. The van der Waals surface area contributed by atoms with E-state index in [1.165, 1.54) is 0 Å². The molecule has 1 amide bonds. The molecule has 0 aliphatic rings. The van der Waals surface area contributed by atoms with Crippen LogP contribution in [-0.2, 0) is 9.53 Å². The summed E-state index contributed by atoms with van der Waals surface area (Å²) in [5.74, 6) is 0.0924. The van der Waals surface area contributed by atoms with E-state index in [-0.39, 0.29) is 17.4 Å². The molecule has 0 radical (unpaired) electrons. The van der Waals surface area contributed by atoms with Crippen molar-refractivity contribution >= 4 is 5.91 Å². The molecule has 0 aliphatic heterocycles. The molecule has 0 heterocycles. The van der Waals surface area contributed by atoms with Crippen LogP contribution in [0.15, 0.2) is 0 Å². The number of carbonyl (C=O) groups excluding carboxylic acids is 1. The molecule has 2 atom stereocenters. The lowest BCUT2D eigenvalue weighted by molar-refractivity contribution is -0.125. The van der Waals surface area contributed by atoms with Gasteiger partial charge < -0.3 is 15.8 Å². The fourth-order valence-corrected chi connectivity index (χ4v) is 1.33. The first-order chi connectivity index (χ1) is 6.84. The maximum Gasteiger partial charge on any atom is 0.237 e. The summed E-state index contributed by atoms with van der Waals surface area (Å²) in [6.45, 7) is 8.31. The number of carbonyl (C=O) groups is 1. The molecular weight excluding hydrogens is 192 g/mol. The minimum absolute atomic E-state index is 0.105. The number of hydrogen-bond donors (Lipinski definition) is 2. The number of nitrogens with one attached hydrogen (secondary N) is 1. The average Bonchev–Trinajstić information content (AvgIpc) is 2.14. The zero-order valence-electron chi connectivity index (χ0n) is 10.5. The lowest BCUT2D eigenvalue weighted by Gasteiger charge is -2.28. The molecule has 0 bridgehead atoms. The van der Waals surface area contributed by atoms with Crippen LogP contribution in [0.2, 0.25) is 0 Å². The van der Waals surface area contributed by atoms with Crippen LogP contribution in [0.4, 0.5) is 0 Å². The molecular formula is C11H24N2O2. The van der Waals surface area contributed by atoms with E-state index in [1.54, 1.807) is 7.11 Å². The Kier molecular flexibility index (Phi) is 5.83. The Labute approximate surface area is 92.6 Å². The normalized spacial score (nSPS) is 15.9. The predicted molar refractivity (Wildman–Crippen MR) is 61.5 cm³/mol. The van der Waals surface area contributed by atoms with Crippen molar-refractivity contribution in [2.45, 2.75) is 45.7 Å². The van der Waals surface area contributed by atoms with Gasteiger partial charge in [0, 0.05) is 7.11 Å². The van der Waals surface area contributed by atoms with Crippen molar-refractivity contribution in [2.75, 3.05) is 13.7 Å². The van der Waals surface area contributed by atoms with E-state index in [9.17, 15) is 4.79 Å². The molecule has 0 saturated carbocycles. The molecule has 0 aromatic rings. The van der Waals surface area contributed by atoms with Crippen LogP contribution in [0, 0.1) is 5.92 Å². The number of amides is 1. The smallest absolute Gasteiger partial charge is 0.237 e. The number of ether oxygens (including phenoxy) is 1. The second-order valence-corrected chi connectivity index (χ2v) is 4.72. The fraction of sp³-hybridized carbons (Fsp3) is 0.909. The lowest BCUT2D eigenvalue weighted by Crippen LogP contribution is -2.54. The van der Waals surface area contributed by atoms with Gasteiger partial charge in [-0.15, -0.1) is 0 Å². The molecule has 15 heavy (non-hydrogen) atoms. The maximum atomic E-state index is 11.7. The summed E-state index contributed by atoms with van der Waals surface area (Å²) in [7, 11) is 1.61. The van der Waals surface area contributed by atoms with Gasteiger partial charge in [0.25, 0.3) is 0 Å². The van der Waals surface area contributed by atoms with Crippen molar-refractivity contribution in [3.8, 4) is 0 Å². The summed E-state index contributed by atoms with van der Waals surface area (Å²) in [6, 6.07) is -0.439. The third kappa shape index (κ3) is 5.14. The highest BCUT2D eigenvalue weighted by atomic mass is 16.5. The zero-order valence-corrected chi connectivity index (χ0v) is 10.5. The first kappa shape index (κ1) is 14.4. The first-order valence-electron chi connectivity index (χ1n) is 5.40. The van der Waals surface area contributed by atoms with Crippen LogP contribution in [0.1, 0.15) is 34.1 Å². The third-order valence-electron chi connectivity index (χ3n) is 2.53. The Bertz CT molecular complexity index is 205. The van der Waals surface area contributed by atoms with E-state index < -0.39 is 6.04 Å². The highest BCUT2D eigenvalue weighted by molar-refractivity contribution is 5.82. The Hall–Kier alpha value is -0.610. The zero-order chi connectivity index (χ0) is 12.1. The van der Waals surface area contributed by atoms with Crippen molar-refractivity contribution in [2.24, 2.45) is 11.7 Å². The highest BCUT2D eigenvalue weighted by Gasteiger charge is 2.26. The van der Waals surface area contributed by atoms with Gasteiger partial charge in [0.2, 0.25) is 5.91 Å². The van der Waals surface area contributed by atoms with Crippen LogP contribution >= 0.6 is 0 Å². The van der Waals surface area contributed by atoms with Gasteiger partial charge in [0.15, 0.2) is 0 Å². The summed E-state index contributed by atoms with van der Waals surface area (Å²) < 4.78 is 5.02. The predicted octanol–water partition coefficient (Wildman–Crippen LogP) is 0.901. The summed E-state index contributed by atoms with van der Waals surface area (Å²) in [5.41, 5.74) is 5.46. The Morgan fingerprint density at radius 2 is 2.07 bits per heavy atom. The summed E-state index contributed by atoms with van der Waals surface area (Å²) in [4.78, 5) is 11.7. The molecule has 1 unspecified atom stereocenters. The lowest BCUT2D eigenvalue weighted by atomic mass is 9.98. The Morgan fingerprint density at radius 3 is 2.47 bits per heavy atom. The van der Waals surface area contributed by atoms with E-state index in [1.807, 2.05) is 27.7 Å².